The predicted molar refractivity (Wildman–Crippen MR) is 82.5 cm³/mol. The third-order valence-corrected chi connectivity index (χ3v) is 3.78. The van der Waals surface area contributed by atoms with E-state index < -0.39 is 5.97 Å². The van der Waals surface area contributed by atoms with E-state index in [1.807, 2.05) is 0 Å². The molecule has 21 heavy (non-hydrogen) atoms. The molecule has 0 saturated heterocycles. The van der Waals surface area contributed by atoms with Gasteiger partial charge in [-0.25, -0.2) is 0 Å². The number of carboxylic acids is 1. The highest BCUT2D eigenvalue weighted by atomic mass is 35.5. The molecule has 0 aromatic heterocycles. The molecule has 4 nitrogen and oxygen atoms in total. The first-order valence-corrected chi connectivity index (χ1v) is 7.38. The Hall–Kier alpha value is -1.52. The molecule has 0 spiro atoms. The summed E-state index contributed by atoms with van der Waals surface area (Å²) in [6, 6.07) is 5.17. The summed E-state index contributed by atoms with van der Waals surface area (Å²) < 4.78 is 0. The van der Waals surface area contributed by atoms with Gasteiger partial charge in [-0.1, -0.05) is 23.2 Å². The molecule has 1 N–H and O–H groups in total. The number of carboxylic acid groups (broad SMARTS) is 1. The molecular formula is C15H15Cl2NO3. The molecule has 1 aliphatic rings. The van der Waals surface area contributed by atoms with E-state index in [0.29, 0.717) is 15.6 Å². The van der Waals surface area contributed by atoms with Crippen LogP contribution in [0.1, 0.15) is 24.8 Å². The summed E-state index contributed by atoms with van der Waals surface area (Å²) in [5, 5.41) is 9.78. The average molecular weight is 328 g/mol. The number of rotatable bonds is 6. The van der Waals surface area contributed by atoms with Gasteiger partial charge in [-0.15, -0.1) is 0 Å². The van der Waals surface area contributed by atoms with E-state index in [0.717, 1.165) is 12.8 Å². The lowest BCUT2D eigenvalue weighted by molar-refractivity contribution is -0.138. The van der Waals surface area contributed by atoms with Gasteiger partial charge in [-0.2, -0.15) is 0 Å². The fourth-order valence-corrected chi connectivity index (χ4v) is 2.34. The number of carbonyl (C=O) groups is 2. The van der Waals surface area contributed by atoms with Crippen LogP contribution in [0, 0.1) is 0 Å². The van der Waals surface area contributed by atoms with E-state index in [1.54, 1.807) is 29.2 Å². The van der Waals surface area contributed by atoms with Crippen LogP contribution >= 0.6 is 23.2 Å². The number of nitrogens with zero attached hydrogens (tertiary/aromatic N) is 1. The normalized spacial score (nSPS) is 14.4. The Kier molecular flexibility index (Phi) is 5.26. The third-order valence-electron chi connectivity index (χ3n) is 3.20. The highest BCUT2D eigenvalue weighted by Crippen LogP contribution is 2.28. The Bertz CT molecular complexity index is 582. The van der Waals surface area contributed by atoms with Crippen molar-refractivity contribution in [3.8, 4) is 0 Å². The fraction of sp³-hybridized carbons (Fsp3) is 0.333. The van der Waals surface area contributed by atoms with Gasteiger partial charge in [0.05, 0.1) is 6.42 Å². The maximum Gasteiger partial charge on any atom is 0.305 e. The molecule has 0 unspecified atom stereocenters. The number of amides is 1. The number of hydrogen-bond acceptors (Lipinski definition) is 2. The zero-order valence-corrected chi connectivity index (χ0v) is 12.8. The minimum Gasteiger partial charge on any atom is -0.481 e. The average Bonchev–Trinajstić information content (AvgIpc) is 3.24. The molecule has 1 aliphatic carbocycles. The summed E-state index contributed by atoms with van der Waals surface area (Å²) in [7, 11) is 0. The smallest absolute Gasteiger partial charge is 0.305 e. The van der Waals surface area contributed by atoms with E-state index >= 15 is 0 Å². The Morgan fingerprint density at radius 2 is 2.05 bits per heavy atom. The Labute approximate surface area is 133 Å². The Balaban J connectivity index is 2.05. The van der Waals surface area contributed by atoms with Gasteiger partial charge < -0.3 is 10.0 Å². The van der Waals surface area contributed by atoms with E-state index in [1.165, 1.54) is 6.08 Å². The van der Waals surface area contributed by atoms with Gasteiger partial charge in [0.2, 0.25) is 5.91 Å². The second-order valence-corrected chi connectivity index (χ2v) is 5.75. The van der Waals surface area contributed by atoms with Crippen LogP contribution in [-0.2, 0) is 9.59 Å². The summed E-state index contributed by atoms with van der Waals surface area (Å²) in [5.41, 5.74) is 0.659. The summed E-state index contributed by atoms with van der Waals surface area (Å²) >= 11 is 11.9. The van der Waals surface area contributed by atoms with E-state index in [-0.39, 0.29) is 24.9 Å². The monoisotopic (exact) mass is 327 g/mol. The van der Waals surface area contributed by atoms with Crippen molar-refractivity contribution in [2.24, 2.45) is 0 Å². The van der Waals surface area contributed by atoms with Crippen LogP contribution in [0.5, 0.6) is 0 Å². The summed E-state index contributed by atoms with van der Waals surface area (Å²) in [6.45, 7) is 0.229. The van der Waals surface area contributed by atoms with Gasteiger partial charge in [-0.3, -0.25) is 9.59 Å². The van der Waals surface area contributed by atoms with Crippen molar-refractivity contribution in [2.45, 2.75) is 25.3 Å². The Morgan fingerprint density at radius 1 is 1.33 bits per heavy atom. The second kappa shape index (κ2) is 6.96. The molecule has 6 heteroatoms. The third kappa shape index (κ3) is 4.76. The van der Waals surface area contributed by atoms with Crippen molar-refractivity contribution < 1.29 is 14.7 Å². The molecule has 0 radical (unpaired) electrons. The van der Waals surface area contributed by atoms with E-state index in [2.05, 4.69) is 0 Å². The van der Waals surface area contributed by atoms with E-state index in [9.17, 15) is 9.59 Å². The first kappa shape index (κ1) is 15.9. The topological polar surface area (TPSA) is 57.6 Å². The van der Waals surface area contributed by atoms with Crippen molar-refractivity contribution >= 4 is 41.2 Å². The zero-order valence-electron chi connectivity index (χ0n) is 11.3. The van der Waals surface area contributed by atoms with Crippen molar-refractivity contribution in [3.05, 3.63) is 39.9 Å². The second-order valence-electron chi connectivity index (χ2n) is 4.91. The standard InChI is InChI=1S/C15H15Cl2NO3/c16-11-2-5-13(17)10(9-11)1-6-14(19)18(12-3-4-12)8-7-15(20)21/h1-2,5-6,9,12H,3-4,7-8H2,(H,20,21)/b6-1+. The van der Waals surface area contributed by atoms with Crippen LogP contribution in [-0.4, -0.2) is 34.5 Å². The van der Waals surface area contributed by atoms with E-state index in [4.69, 9.17) is 28.3 Å². The summed E-state index contributed by atoms with van der Waals surface area (Å²) in [5.74, 6) is -1.11. The van der Waals surface area contributed by atoms with Crippen molar-refractivity contribution in [1.29, 1.82) is 0 Å². The lowest BCUT2D eigenvalue weighted by atomic mass is 10.2. The largest absolute Gasteiger partial charge is 0.481 e. The molecule has 1 aromatic rings. The number of carbonyl (C=O) groups excluding carboxylic acids is 1. The molecule has 1 aromatic carbocycles. The number of halogens is 2. The van der Waals surface area contributed by atoms with Crippen LogP contribution < -0.4 is 0 Å². The molecule has 1 amide bonds. The lowest BCUT2D eigenvalue weighted by Crippen LogP contribution is -2.33. The van der Waals surface area contributed by atoms with Crippen LogP contribution in [0.4, 0.5) is 0 Å². The molecule has 1 saturated carbocycles. The lowest BCUT2D eigenvalue weighted by Gasteiger charge is -2.19. The van der Waals surface area contributed by atoms with Gasteiger partial charge >= 0.3 is 5.97 Å². The Morgan fingerprint density at radius 3 is 2.67 bits per heavy atom. The molecule has 2 rings (SSSR count). The summed E-state index contributed by atoms with van der Waals surface area (Å²) in [6.07, 6.45) is 4.83. The van der Waals surface area contributed by atoms with Crippen LogP contribution in [0.2, 0.25) is 10.0 Å². The zero-order chi connectivity index (χ0) is 15.4. The van der Waals surface area contributed by atoms with Crippen molar-refractivity contribution in [1.82, 2.24) is 4.90 Å². The molecule has 0 heterocycles. The molecule has 0 aliphatic heterocycles. The quantitative estimate of drug-likeness (QED) is 0.814. The minimum atomic E-state index is -0.907. The molecular weight excluding hydrogens is 313 g/mol. The highest BCUT2D eigenvalue weighted by Gasteiger charge is 2.31. The predicted octanol–water partition coefficient (Wildman–Crippen LogP) is 3.47. The molecule has 0 atom stereocenters. The van der Waals surface area contributed by atoms with Gasteiger partial charge in [0.1, 0.15) is 0 Å². The first-order valence-electron chi connectivity index (χ1n) is 6.63. The van der Waals surface area contributed by atoms with Gasteiger partial charge in [0.15, 0.2) is 0 Å². The number of benzene rings is 1. The van der Waals surface area contributed by atoms with Gasteiger partial charge in [-0.05, 0) is 42.7 Å². The molecule has 1 fully saturated rings. The minimum absolute atomic E-state index is 0.0476. The van der Waals surface area contributed by atoms with Crippen LogP contribution in [0.15, 0.2) is 24.3 Å². The van der Waals surface area contributed by atoms with Gasteiger partial charge in [0, 0.05) is 28.7 Å². The number of aliphatic carboxylic acids is 1. The first-order chi connectivity index (χ1) is 9.97. The highest BCUT2D eigenvalue weighted by molar-refractivity contribution is 6.34. The van der Waals surface area contributed by atoms with Crippen LogP contribution in [0.3, 0.4) is 0 Å². The van der Waals surface area contributed by atoms with Gasteiger partial charge in [0.25, 0.3) is 0 Å². The maximum atomic E-state index is 12.2. The fourth-order valence-electron chi connectivity index (χ4n) is 1.97. The summed E-state index contributed by atoms with van der Waals surface area (Å²) in [4.78, 5) is 24.4. The van der Waals surface area contributed by atoms with Crippen molar-refractivity contribution in [2.75, 3.05) is 6.54 Å². The molecule has 112 valence electrons. The van der Waals surface area contributed by atoms with Crippen LogP contribution in [0.25, 0.3) is 6.08 Å². The number of hydrogen-bond donors (Lipinski definition) is 1. The molecule has 0 bridgehead atoms. The SMILES string of the molecule is O=C(O)CCN(C(=O)/C=C/c1cc(Cl)ccc1Cl)C1CC1. The maximum absolute atomic E-state index is 12.2. The van der Waals surface area contributed by atoms with Crippen molar-refractivity contribution in [3.63, 3.8) is 0 Å².